The summed E-state index contributed by atoms with van der Waals surface area (Å²) in [6, 6.07) is 42.7. The lowest BCUT2D eigenvalue weighted by Gasteiger charge is -2.02. The molecule has 4 aromatic rings. The molecule has 0 aliphatic carbocycles. The molecule has 0 aliphatic rings. The predicted molar refractivity (Wildman–Crippen MR) is 170 cm³/mol. The summed E-state index contributed by atoms with van der Waals surface area (Å²) >= 11 is 0. The summed E-state index contributed by atoms with van der Waals surface area (Å²) in [5, 5.41) is 0. The van der Waals surface area contributed by atoms with E-state index in [0.29, 0.717) is 0 Å². The van der Waals surface area contributed by atoms with Crippen molar-refractivity contribution in [3.63, 3.8) is 0 Å². The van der Waals surface area contributed by atoms with Gasteiger partial charge in [0.1, 0.15) is 0 Å². The third-order valence-corrected chi connectivity index (χ3v) is 5.25. The highest BCUT2D eigenvalue weighted by atomic mass is 14.4. The molecule has 208 valence electrons. The zero-order valence-electron chi connectivity index (χ0n) is 24.1. The third kappa shape index (κ3) is 19.9. The fourth-order valence-corrected chi connectivity index (χ4v) is 3.53. The standard InChI is InChI=1S/C16H18.C14H14.4CH5N/c1-3-9-15(10-4-1)13-7-8-14-16-11-5-2-6-12-16;1-3-7-13(8-4-1)11-12-14-9-5-2-6-10-14;4*1-2/h1-6,9-12H,7-8,13-14H2;1-10H,11-12H2;4*2H2,1H3. The Hall–Kier alpha value is -3.28. The fourth-order valence-electron chi connectivity index (χ4n) is 3.53. The van der Waals surface area contributed by atoms with E-state index in [4.69, 9.17) is 0 Å². The molecule has 4 heteroatoms. The van der Waals surface area contributed by atoms with Gasteiger partial charge in [0, 0.05) is 0 Å². The Labute approximate surface area is 233 Å². The lowest BCUT2D eigenvalue weighted by atomic mass is 10.0. The first-order chi connectivity index (χ1) is 18.9. The molecule has 0 amide bonds. The first-order valence-electron chi connectivity index (χ1n) is 13.4. The molecule has 38 heavy (non-hydrogen) atoms. The Kier molecular flexibility index (Phi) is 29.1. The average molecular weight is 517 g/mol. The van der Waals surface area contributed by atoms with Crippen LogP contribution in [0.25, 0.3) is 0 Å². The van der Waals surface area contributed by atoms with Crippen LogP contribution in [0.5, 0.6) is 0 Å². The van der Waals surface area contributed by atoms with Crippen molar-refractivity contribution in [1.29, 1.82) is 0 Å². The van der Waals surface area contributed by atoms with Crippen molar-refractivity contribution in [2.75, 3.05) is 28.2 Å². The molecule has 8 N–H and O–H groups in total. The number of benzene rings is 4. The van der Waals surface area contributed by atoms with E-state index in [9.17, 15) is 0 Å². The topological polar surface area (TPSA) is 104 Å². The minimum atomic E-state index is 1.13. The summed E-state index contributed by atoms with van der Waals surface area (Å²) in [7, 11) is 6.00. The Morgan fingerprint density at radius 1 is 0.289 bits per heavy atom. The summed E-state index contributed by atoms with van der Waals surface area (Å²) < 4.78 is 0. The summed E-state index contributed by atoms with van der Waals surface area (Å²) in [6.45, 7) is 0. The maximum absolute atomic E-state index is 4.50. The number of aryl methyl sites for hydroxylation is 4. The van der Waals surface area contributed by atoms with Crippen molar-refractivity contribution in [3.8, 4) is 0 Å². The number of hydrogen-bond acceptors (Lipinski definition) is 4. The van der Waals surface area contributed by atoms with Crippen LogP contribution in [-0.2, 0) is 25.7 Å². The number of hydrogen-bond donors (Lipinski definition) is 4. The van der Waals surface area contributed by atoms with Crippen molar-refractivity contribution in [1.82, 2.24) is 0 Å². The minimum Gasteiger partial charge on any atom is -0.333 e. The van der Waals surface area contributed by atoms with E-state index < -0.39 is 0 Å². The lowest BCUT2D eigenvalue weighted by molar-refractivity contribution is 0.734. The SMILES string of the molecule is CN.CN.CN.CN.c1ccc(CCCCc2ccccc2)cc1.c1ccc(CCc2ccccc2)cc1. The zero-order chi connectivity index (χ0) is 28.7. The van der Waals surface area contributed by atoms with Gasteiger partial charge >= 0.3 is 0 Å². The minimum absolute atomic E-state index is 1.13. The third-order valence-electron chi connectivity index (χ3n) is 5.25. The van der Waals surface area contributed by atoms with Crippen molar-refractivity contribution >= 4 is 0 Å². The van der Waals surface area contributed by atoms with Gasteiger partial charge in [-0.05, 0) is 89.0 Å². The summed E-state index contributed by atoms with van der Waals surface area (Å²) in [5.74, 6) is 0. The lowest BCUT2D eigenvalue weighted by Crippen LogP contribution is -1.89. The maximum Gasteiger partial charge on any atom is -0.0195 e. The molecule has 0 unspecified atom stereocenters. The molecule has 0 spiro atoms. The molecule has 0 heterocycles. The van der Waals surface area contributed by atoms with E-state index in [1.807, 2.05) is 0 Å². The summed E-state index contributed by atoms with van der Waals surface area (Å²) in [6.07, 6.45) is 7.22. The normalized spacial score (nSPS) is 8.63. The summed E-state index contributed by atoms with van der Waals surface area (Å²) in [4.78, 5) is 0. The Balaban J connectivity index is 0. The smallest absolute Gasteiger partial charge is 0.0195 e. The van der Waals surface area contributed by atoms with Gasteiger partial charge in [0.05, 0.1) is 0 Å². The van der Waals surface area contributed by atoms with E-state index in [2.05, 4.69) is 144 Å². The van der Waals surface area contributed by atoms with Crippen LogP contribution < -0.4 is 22.9 Å². The van der Waals surface area contributed by atoms with Gasteiger partial charge in [-0.2, -0.15) is 0 Å². The zero-order valence-corrected chi connectivity index (χ0v) is 24.1. The van der Waals surface area contributed by atoms with Crippen LogP contribution in [-0.4, -0.2) is 28.2 Å². The Morgan fingerprint density at radius 3 is 0.684 bits per heavy atom. The molecule has 0 bridgehead atoms. The molecule has 4 aromatic carbocycles. The quantitative estimate of drug-likeness (QED) is 0.215. The van der Waals surface area contributed by atoms with Crippen molar-refractivity contribution in [2.24, 2.45) is 22.9 Å². The van der Waals surface area contributed by atoms with Crippen LogP contribution >= 0.6 is 0 Å². The second-order valence-electron chi connectivity index (χ2n) is 7.65. The van der Waals surface area contributed by atoms with Gasteiger partial charge in [0.15, 0.2) is 0 Å². The largest absolute Gasteiger partial charge is 0.333 e. The van der Waals surface area contributed by atoms with Crippen LogP contribution in [0.2, 0.25) is 0 Å². The highest BCUT2D eigenvalue weighted by Gasteiger charge is 1.95. The van der Waals surface area contributed by atoms with E-state index in [-0.39, 0.29) is 0 Å². The highest BCUT2D eigenvalue weighted by molar-refractivity contribution is 5.20. The first-order valence-corrected chi connectivity index (χ1v) is 13.4. The molecule has 0 aromatic heterocycles. The van der Waals surface area contributed by atoms with Crippen LogP contribution in [0.15, 0.2) is 121 Å². The molecule has 4 nitrogen and oxygen atoms in total. The van der Waals surface area contributed by atoms with Gasteiger partial charge in [0.2, 0.25) is 0 Å². The van der Waals surface area contributed by atoms with Gasteiger partial charge < -0.3 is 22.9 Å². The van der Waals surface area contributed by atoms with Crippen LogP contribution in [0, 0.1) is 0 Å². The van der Waals surface area contributed by atoms with E-state index in [1.165, 1.54) is 76.1 Å². The van der Waals surface area contributed by atoms with Crippen molar-refractivity contribution in [2.45, 2.75) is 38.5 Å². The fraction of sp³-hybridized carbons (Fsp3) is 0.294. The molecule has 4 rings (SSSR count). The van der Waals surface area contributed by atoms with Crippen molar-refractivity contribution in [3.05, 3.63) is 144 Å². The van der Waals surface area contributed by atoms with Gasteiger partial charge in [-0.1, -0.05) is 121 Å². The van der Waals surface area contributed by atoms with Gasteiger partial charge in [-0.15, -0.1) is 0 Å². The van der Waals surface area contributed by atoms with Gasteiger partial charge in [-0.3, -0.25) is 0 Å². The summed E-state index contributed by atoms with van der Waals surface area (Å²) in [5.41, 5.74) is 23.7. The Morgan fingerprint density at radius 2 is 0.474 bits per heavy atom. The second kappa shape index (κ2) is 29.9. The number of unbranched alkanes of at least 4 members (excludes halogenated alkanes) is 1. The number of nitrogens with two attached hydrogens (primary N) is 4. The van der Waals surface area contributed by atoms with E-state index >= 15 is 0 Å². The molecule has 0 saturated heterocycles. The van der Waals surface area contributed by atoms with Crippen LogP contribution in [0.1, 0.15) is 35.1 Å². The molecule has 0 fully saturated rings. The number of rotatable bonds is 8. The maximum atomic E-state index is 4.50. The molecule has 0 saturated carbocycles. The second-order valence-corrected chi connectivity index (χ2v) is 7.65. The van der Waals surface area contributed by atoms with Crippen LogP contribution in [0.4, 0.5) is 0 Å². The van der Waals surface area contributed by atoms with Gasteiger partial charge in [-0.25, -0.2) is 0 Å². The molecular formula is C34H52N4. The van der Waals surface area contributed by atoms with Gasteiger partial charge in [0.25, 0.3) is 0 Å². The first kappa shape index (κ1) is 36.9. The van der Waals surface area contributed by atoms with E-state index in [1.54, 1.807) is 0 Å². The molecule has 0 aliphatic heterocycles. The average Bonchev–Trinajstić information content (AvgIpc) is 3.05. The molecule has 0 atom stereocenters. The van der Waals surface area contributed by atoms with Crippen molar-refractivity contribution < 1.29 is 0 Å². The highest BCUT2D eigenvalue weighted by Crippen LogP contribution is 2.09. The van der Waals surface area contributed by atoms with E-state index in [0.717, 1.165) is 12.8 Å². The van der Waals surface area contributed by atoms with Crippen LogP contribution in [0.3, 0.4) is 0 Å². The predicted octanol–water partition coefficient (Wildman–Crippen LogP) is 6.02. The molecular weight excluding hydrogens is 464 g/mol. The molecule has 0 radical (unpaired) electrons. The Bertz CT molecular complexity index is 850. The monoisotopic (exact) mass is 516 g/mol.